The Kier molecular flexibility index (Phi) is 4.47. The number of hydrogen-bond acceptors (Lipinski definition) is 4. The molecule has 2 unspecified atom stereocenters. The summed E-state index contributed by atoms with van der Waals surface area (Å²) in [7, 11) is 1.35. The summed E-state index contributed by atoms with van der Waals surface area (Å²) in [6.45, 7) is 1.81. The van der Waals surface area contributed by atoms with Gasteiger partial charge in [0, 0.05) is 10.9 Å². The van der Waals surface area contributed by atoms with E-state index in [9.17, 15) is 9.59 Å². The van der Waals surface area contributed by atoms with Crippen LogP contribution in [0.4, 0.5) is 0 Å². The number of benzene rings is 1. The van der Waals surface area contributed by atoms with Crippen LogP contribution in [0.3, 0.4) is 0 Å². The summed E-state index contributed by atoms with van der Waals surface area (Å²) in [6.07, 6.45) is 0.949. The predicted molar refractivity (Wildman–Crippen MR) is 74.0 cm³/mol. The lowest BCUT2D eigenvalue weighted by atomic mass is 10.1. The van der Waals surface area contributed by atoms with Gasteiger partial charge in [-0.25, -0.2) is 0 Å². The molecule has 0 saturated carbocycles. The van der Waals surface area contributed by atoms with Crippen LogP contribution in [0.2, 0.25) is 0 Å². The molecule has 4 nitrogen and oxygen atoms in total. The quantitative estimate of drug-likeness (QED) is 0.854. The molecule has 1 heterocycles. The van der Waals surface area contributed by atoms with E-state index in [-0.39, 0.29) is 29.6 Å². The van der Waals surface area contributed by atoms with Gasteiger partial charge in [-0.05, 0) is 25.0 Å². The molecule has 2 rings (SSSR count). The number of carbonyl (C=O) groups is 2. The fourth-order valence-corrected chi connectivity index (χ4v) is 3.25. The van der Waals surface area contributed by atoms with Crippen LogP contribution in [0.15, 0.2) is 29.2 Å². The van der Waals surface area contributed by atoms with E-state index in [0.717, 1.165) is 6.42 Å². The van der Waals surface area contributed by atoms with Crippen LogP contribution < -0.4 is 5.32 Å². The average molecular weight is 279 g/mol. The number of fused-ring (bicyclic) bond motifs is 1. The van der Waals surface area contributed by atoms with Crippen molar-refractivity contribution in [3.05, 3.63) is 29.8 Å². The van der Waals surface area contributed by atoms with Crippen LogP contribution in [0.1, 0.15) is 18.9 Å². The number of ether oxygens (including phenoxy) is 1. The lowest BCUT2D eigenvalue weighted by Crippen LogP contribution is -2.39. The van der Waals surface area contributed by atoms with E-state index >= 15 is 0 Å². The molecule has 1 amide bonds. The molecule has 1 aromatic rings. The van der Waals surface area contributed by atoms with Gasteiger partial charge in [-0.2, -0.15) is 0 Å². The molecule has 0 spiro atoms. The number of hydrogen-bond donors (Lipinski definition) is 1. The topological polar surface area (TPSA) is 55.4 Å². The fraction of sp³-hybridized carbons (Fsp3) is 0.429. The third kappa shape index (κ3) is 3.50. The Morgan fingerprint density at radius 2 is 2.21 bits per heavy atom. The molecule has 1 aromatic carbocycles. The maximum Gasteiger partial charge on any atom is 0.307 e. The first-order valence-corrected chi connectivity index (χ1v) is 7.10. The van der Waals surface area contributed by atoms with Gasteiger partial charge in [-0.15, -0.1) is 11.8 Å². The van der Waals surface area contributed by atoms with Crippen molar-refractivity contribution in [3.8, 4) is 0 Å². The summed E-state index contributed by atoms with van der Waals surface area (Å²) >= 11 is 1.58. The summed E-state index contributed by atoms with van der Waals surface area (Å²) in [5, 5.41) is 2.76. The Bertz CT molecular complexity index is 464. The van der Waals surface area contributed by atoms with Crippen LogP contribution in [0.5, 0.6) is 0 Å². The van der Waals surface area contributed by atoms with E-state index in [1.54, 1.807) is 11.8 Å². The molecular formula is C14H17NO3S. The number of nitrogens with one attached hydrogen (secondary N) is 1. The molecule has 102 valence electrons. The minimum atomic E-state index is -0.310. The third-order valence-corrected chi connectivity index (χ3v) is 4.35. The Balaban J connectivity index is 1.87. The SMILES string of the molecule is COC(=O)CC(C)NC(=O)C1Cc2ccccc2S1. The zero-order chi connectivity index (χ0) is 13.8. The van der Waals surface area contributed by atoms with Crippen LogP contribution in [-0.2, 0) is 20.7 Å². The molecule has 2 atom stereocenters. The summed E-state index contributed by atoms with van der Waals surface area (Å²) in [4.78, 5) is 24.4. The summed E-state index contributed by atoms with van der Waals surface area (Å²) < 4.78 is 4.58. The predicted octanol–water partition coefficient (Wildman–Crippen LogP) is 1.77. The van der Waals surface area contributed by atoms with Gasteiger partial charge >= 0.3 is 5.97 Å². The highest BCUT2D eigenvalue weighted by Crippen LogP contribution is 2.36. The first-order valence-electron chi connectivity index (χ1n) is 6.22. The smallest absolute Gasteiger partial charge is 0.307 e. The van der Waals surface area contributed by atoms with Crippen molar-refractivity contribution < 1.29 is 14.3 Å². The second-order valence-corrected chi connectivity index (χ2v) is 5.85. The van der Waals surface area contributed by atoms with Crippen molar-refractivity contribution in [1.29, 1.82) is 0 Å². The first kappa shape index (κ1) is 13.9. The Morgan fingerprint density at radius 1 is 1.47 bits per heavy atom. The molecule has 0 radical (unpaired) electrons. The molecule has 0 bridgehead atoms. The molecular weight excluding hydrogens is 262 g/mol. The van der Waals surface area contributed by atoms with Gasteiger partial charge in [-0.1, -0.05) is 18.2 Å². The number of esters is 1. The number of amides is 1. The van der Waals surface area contributed by atoms with Crippen molar-refractivity contribution in [2.45, 2.75) is 36.0 Å². The standard InChI is InChI=1S/C14H17NO3S/c1-9(7-13(16)18-2)15-14(17)12-8-10-5-3-4-6-11(10)19-12/h3-6,9,12H,7-8H2,1-2H3,(H,15,17). The zero-order valence-corrected chi connectivity index (χ0v) is 11.8. The van der Waals surface area contributed by atoms with E-state index in [0.29, 0.717) is 0 Å². The molecule has 1 aliphatic rings. The van der Waals surface area contributed by atoms with Gasteiger partial charge in [0.05, 0.1) is 18.8 Å². The number of rotatable bonds is 4. The number of thioether (sulfide) groups is 1. The van der Waals surface area contributed by atoms with Gasteiger partial charge in [0.2, 0.25) is 5.91 Å². The Morgan fingerprint density at radius 3 is 2.89 bits per heavy atom. The molecule has 0 aliphatic carbocycles. The number of methoxy groups -OCH3 is 1. The molecule has 0 fully saturated rings. The maximum absolute atomic E-state index is 12.1. The molecule has 0 aromatic heterocycles. The van der Waals surface area contributed by atoms with Crippen molar-refractivity contribution in [2.75, 3.05) is 7.11 Å². The van der Waals surface area contributed by atoms with E-state index in [1.165, 1.54) is 17.6 Å². The van der Waals surface area contributed by atoms with E-state index in [4.69, 9.17) is 0 Å². The lowest BCUT2D eigenvalue weighted by molar-refractivity contribution is -0.141. The molecule has 1 aliphatic heterocycles. The minimum absolute atomic E-state index is 0.0161. The van der Waals surface area contributed by atoms with Crippen LogP contribution in [-0.4, -0.2) is 30.3 Å². The highest BCUT2D eigenvalue weighted by Gasteiger charge is 2.28. The van der Waals surface area contributed by atoms with Gasteiger partial charge in [0.25, 0.3) is 0 Å². The Hall–Kier alpha value is -1.49. The van der Waals surface area contributed by atoms with Gasteiger partial charge in [-0.3, -0.25) is 9.59 Å². The highest BCUT2D eigenvalue weighted by atomic mass is 32.2. The second kappa shape index (κ2) is 6.10. The summed E-state index contributed by atoms with van der Waals surface area (Å²) in [5.41, 5.74) is 1.22. The monoisotopic (exact) mass is 279 g/mol. The lowest BCUT2D eigenvalue weighted by Gasteiger charge is -2.15. The van der Waals surface area contributed by atoms with Crippen LogP contribution in [0.25, 0.3) is 0 Å². The van der Waals surface area contributed by atoms with Crippen molar-refractivity contribution in [3.63, 3.8) is 0 Å². The normalized spacial score (nSPS) is 18.5. The molecule has 5 heteroatoms. The third-order valence-electron chi connectivity index (χ3n) is 3.03. The minimum Gasteiger partial charge on any atom is -0.469 e. The van der Waals surface area contributed by atoms with E-state index < -0.39 is 0 Å². The van der Waals surface area contributed by atoms with Crippen molar-refractivity contribution in [1.82, 2.24) is 5.32 Å². The van der Waals surface area contributed by atoms with E-state index in [1.807, 2.05) is 31.2 Å². The Labute approximate surface area is 116 Å². The largest absolute Gasteiger partial charge is 0.469 e. The molecule has 1 N–H and O–H groups in total. The second-order valence-electron chi connectivity index (χ2n) is 4.61. The fourth-order valence-electron chi connectivity index (χ4n) is 2.05. The van der Waals surface area contributed by atoms with Gasteiger partial charge in [0.1, 0.15) is 0 Å². The maximum atomic E-state index is 12.1. The first-order chi connectivity index (χ1) is 9.10. The van der Waals surface area contributed by atoms with Crippen LogP contribution in [0, 0.1) is 0 Å². The van der Waals surface area contributed by atoms with E-state index in [2.05, 4.69) is 10.1 Å². The highest BCUT2D eigenvalue weighted by molar-refractivity contribution is 8.01. The summed E-state index contributed by atoms with van der Waals surface area (Å²) in [6, 6.07) is 7.84. The zero-order valence-electron chi connectivity index (χ0n) is 11.0. The van der Waals surface area contributed by atoms with Crippen molar-refractivity contribution in [2.24, 2.45) is 0 Å². The average Bonchev–Trinajstić information content (AvgIpc) is 2.82. The van der Waals surface area contributed by atoms with Gasteiger partial charge in [0.15, 0.2) is 0 Å². The number of carbonyl (C=O) groups excluding carboxylic acids is 2. The molecule has 0 saturated heterocycles. The van der Waals surface area contributed by atoms with Gasteiger partial charge < -0.3 is 10.1 Å². The molecule has 19 heavy (non-hydrogen) atoms. The van der Waals surface area contributed by atoms with Crippen molar-refractivity contribution >= 4 is 23.6 Å². The van der Waals surface area contributed by atoms with Crippen LogP contribution >= 0.6 is 11.8 Å². The summed E-state index contributed by atoms with van der Waals surface area (Å²) in [5.74, 6) is -0.326.